The lowest BCUT2D eigenvalue weighted by atomic mass is 10.2. The highest BCUT2D eigenvalue weighted by molar-refractivity contribution is 7.89. The summed E-state index contributed by atoms with van der Waals surface area (Å²) in [6, 6.07) is 14.5. The van der Waals surface area contributed by atoms with Crippen molar-refractivity contribution in [3.05, 3.63) is 59.7 Å². The Bertz CT molecular complexity index is 697. The second-order valence-corrected chi connectivity index (χ2v) is 6.43. The van der Waals surface area contributed by atoms with E-state index in [9.17, 15) is 8.42 Å². The quantitative estimate of drug-likeness (QED) is 0.893. The van der Waals surface area contributed by atoms with Gasteiger partial charge in [0.25, 0.3) is 0 Å². The van der Waals surface area contributed by atoms with Crippen molar-refractivity contribution < 1.29 is 13.2 Å². The molecular formula is C16H19NO3S. The number of hydrogen-bond acceptors (Lipinski definition) is 3. The molecule has 2 aromatic carbocycles. The van der Waals surface area contributed by atoms with Crippen molar-refractivity contribution in [3.63, 3.8) is 0 Å². The minimum atomic E-state index is -3.60. The standard InChI is InChI=1S/C16H19NO3S/c1-3-20-15-11-13(2)9-10-16(15)21(18,19)17-12-14-7-5-4-6-8-14/h4-11,17H,3,12H2,1-2H3. The summed E-state index contributed by atoms with van der Waals surface area (Å²) in [5.41, 5.74) is 1.87. The predicted octanol–water partition coefficient (Wildman–Crippen LogP) is 2.87. The van der Waals surface area contributed by atoms with Gasteiger partial charge in [0.2, 0.25) is 10.0 Å². The van der Waals surface area contributed by atoms with Crippen LogP contribution in [0.4, 0.5) is 0 Å². The van der Waals surface area contributed by atoms with Crippen molar-refractivity contribution in [1.29, 1.82) is 0 Å². The highest BCUT2D eigenvalue weighted by Crippen LogP contribution is 2.25. The number of hydrogen-bond donors (Lipinski definition) is 1. The van der Waals surface area contributed by atoms with Gasteiger partial charge in [0.15, 0.2) is 0 Å². The molecule has 0 amide bonds. The largest absolute Gasteiger partial charge is 0.492 e. The zero-order valence-corrected chi connectivity index (χ0v) is 13.0. The van der Waals surface area contributed by atoms with Gasteiger partial charge in [-0.2, -0.15) is 0 Å². The van der Waals surface area contributed by atoms with E-state index in [1.807, 2.05) is 44.2 Å². The van der Waals surface area contributed by atoms with Crippen LogP contribution in [0.25, 0.3) is 0 Å². The fourth-order valence-electron chi connectivity index (χ4n) is 1.96. The molecule has 112 valence electrons. The third-order valence-electron chi connectivity index (χ3n) is 3.00. The van der Waals surface area contributed by atoms with Crippen molar-refractivity contribution in [2.24, 2.45) is 0 Å². The summed E-state index contributed by atoms with van der Waals surface area (Å²) in [6.07, 6.45) is 0. The molecule has 0 bridgehead atoms. The number of nitrogens with one attached hydrogen (secondary N) is 1. The number of aryl methyl sites for hydroxylation is 1. The van der Waals surface area contributed by atoms with Gasteiger partial charge >= 0.3 is 0 Å². The van der Waals surface area contributed by atoms with E-state index in [2.05, 4.69) is 4.72 Å². The lowest BCUT2D eigenvalue weighted by Gasteiger charge is -2.12. The summed E-state index contributed by atoms with van der Waals surface area (Å²) in [5.74, 6) is 0.387. The van der Waals surface area contributed by atoms with Gasteiger partial charge in [-0.3, -0.25) is 0 Å². The molecule has 0 saturated carbocycles. The normalized spacial score (nSPS) is 11.3. The lowest BCUT2D eigenvalue weighted by Crippen LogP contribution is -2.24. The smallest absolute Gasteiger partial charge is 0.244 e. The molecule has 2 aromatic rings. The highest BCUT2D eigenvalue weighted by Gasteiger charge is 2.19. The fraction of sp³-hybridized carbons (Fsp3) is 0.250. The van der Waals surface area contributed by atoms with Crippen LogP contribution >= 0.6 is 0 Å². The number of rotatable bonds is 6. The van der Waals surface area contributed by atoms with Crippen molar-refractivity contribution >= 4 is 10.0 Å². The third kappa shape index (κ3) is 4.06. The maximum atomic E-state index is 12.4. The zero-order valence-electron chi connectivity index (χ0n) is 12.2. The topological polar surface area (TPSA) is 55.4 Å². The molecule has 0 unspecified atom stereocenters. The molecule has 4 nitrogen and oxygen atoms in total. The van der Waals surface area contributed by atoms with Gasteiger partial charge in [-0.25, -0.2) is 13.1 Å². The van der Waals surface area contributed by atoms with Crippen LogP contribution in [0.15, 0.2) is 53.4 Å². The lowest BCUT2D eigenvalue weighted by molar-refractivity contribution is 0.330. The van der Waals surface area contributed by atoms with Crippen molar-refractivity contribution in [2.45, 2.75) is 25.3 Å². The van der Waals surface area contributed by atoms with Gasteiger partial charge in [0.05, 0.1) is 6.61 Å². The first-order chi connectivity index (χ1) is 10.0. The molecule has 21 heavy (non-hydrogen) atoms. The summed E-state index contributed by atoms with van der Waals surface area (Å²) in [6.45, 7) is 4.40. The second kappa shape index (κ2) is 6.74. The Labute approximate surface area is 125 Å². The summed E-state index contributed by atoms with van der Waals surface area (Å²) < 4.78 is 32.9. The molecule has 0 heterocycles. The van der Waals surface area contributed by atoms with E-state index in [4.69, 9.17) is 4.74 Å². The van der Waals surface area contributed by atoms with E-state index in [0.29, 0.717) is 12.4 Å². The van der Waals surface area contributed by atoms with Crippen LogP contribution in [0.3, 0.4) is 0 Å². The molecule has 5 heteroatoms. The molecule has 0 fully saturated rings. The van der Waals surface area contributed by atoms with Gasteiger partial charge < -0.3 is 4.74 Å². The summed E-state index contributed by atoms with van der Waals surface area (Å²) in [5, 5.41) is 0. The monoisotopic (exact) mass is 305 g/mol. The van der Waals surface area contributed by atoms with Crippen molar-refractivity contribution in [2.75, 3.05) is 6.61 Å². The zero-order chi connectivity index (χ0) is 15.3. The maximum absolute atomic E-state index is 12.4. The van der Waals surface area contributed by atoms with Crippen molar-refractivity contribution in [1.82, 2.24) is 4.72 Å². The number of sulfonamides is 1. The van der Waals surface area contributed by atoms with Gasteiger partial charge in [-0.15, -0.1) is 0 Å². The van der Waals surface area contributed by atoms with Crippen LogP contribution in [-0.4, -0.2) is 15.0 Å². The summed E-state index contributed by atoms with van der Waals surface area (Å²) in [7, 11) is -3.60. The molecule has 0 atom stereocenters. The van der Waals surface area contributed by atoms with E-state index in [-0.39, 0.29) is 11.4 Å². The second-order valence-electron chi connectivity index (χ2n) is 4.69. The Balaban J connectivity index is 2.23. The summed E-state index contributed by atoms with van der Waals surface area (Å²) >= 11 is 0. The van der Waals surface area contributed by atoms with Crippen LogP contribution in [0.1, 0.15) is 18.1 Å². The highest BCUT2D eigenvalue weighted by atomic mass is 32.2. The molecule has 0 radical (unpaired) electrons. The first-order valence-corrected chi connectivity index (χ1v) is 8.28. The van der Waals surface area contributed by atoms with E-state index in [1.54, 1.807) is 18.2 Å². The number of ether oxygens (including phenoxy) is 1. The van der Waals surface area contributed by atoms with E-state index >= 15 is 0 Å². The van der Waals surface area contributed by atoms with Crippen molar-refractivity contribution in [3.8, 4) is 5.75 Å². The van der Waals surface area contributed by atoms with E-state index in [1.165, 1.54) is 0 Å². The molecular weight excluding hydrogens is 286 g/mol. The van der Waals surface area contributed by atoms with Crippen LogP contribution in [0.5, 0.6) is 5.75 Å². The SMILES string of the molecule is CCOc1cc(C)ccc1S(=O)(=O)NCc1ccccc1. The average Bonchev–Trinajstić information content (AvgIpc) is 2.47. The third-order valence-corrected chi connectivity index (χ3v) is 4.44. The van der Waals surface area contributed by atoms with Gasteiger partial charge in [-0.1, -0.05) is 36.4 Å². The van der Waals surface area contributed by atoms with Gasteiger partial charge in [0, 0.05) is 6.54 Å². The minimum Gasteiger partial charge on any atom is -0.492 e. The Morgan fingerprint density at radius 2 is 1.81 bits per heavy atom. The Morgan fingerprint density at radius 3 is 2.48 bits per heavy atom. The van der Waals surface area contributed by atoms with Gasteiger partial charge in [-0.05, 0) is 37.1 Å². The molecule has 0 spiro atoms. The molecule has 0 aliphatic rings. The Kier molecular flexibility index (Phi) is 4.98. The van der Waals surface area contributed by atoms with Crippen LogP contribution in [0.2, 0.25) is 0 Å². The molecule has 0 saturated heterocycles. The fourth-order valence-corrected chi connectivity index (χ4v) is 3.10. The first kappa shape index (κ1) is 15.5. The summed E-state index contributed by atoms with van der Waals surface area (Å²) in [4.78, 5) is 0.172. The first-order valence-electron chi connectivity index (χ1n) is 6.80. The molecule has 0 aliphatic carbocycles. The Hall–Kier alpha value is -1.85. The molecule has 0 aliphatic heterocycles. The Morgan fingerprint density at radius 1 is 1.10 bits per heavy atom. The van der Waals surface area contributed by atoms with Gasteiger partial charge in [0.1, 0.15) is 10.6 Å². The van der Waals surface area contributed by atoms with E-state index in [0.717, 1.165) is 11.1 Å². The predicted molar refractivity (Wildman–Crippen MR) is 82.8 cm³/mol. The molecule has 1 N–H and O–H groups in total. The minimum absolute atomic E-state index is 0.172. The maximum Gasteiger partial charge on any atom is 0.244 e. The van der Waals surface area contributed by atoms with Crippen LogP contribution in [0, 0.1) is 6.92 Å². The van der Waals surface area contributed by atoms with Crippen LogP contribution in [-0.2, 0) is 16.6 Å². The van der Waals surface area contributed by atoms with Crippen LogP contribution < -0.4 is 9.46 Å². The average molecular weight is 305 g/mol. The molecule has 0 aromatic heterocycles. The molecule has 2 rings (SSSR count). The van der Waals surface area contributed by atoms with E-state index < -0.39 is 10.0 Å². The number of benzene rings is 2.